The largest absolute Gasteiger partial charge is 0.326 e. The van der Waals surface area contributed by atoms with Crippen LogP contribution < -0.4 is 15.8 Å². The van der Waals surface area contributed by atoms with Crippen molar-refractivity contribution in [2.75, 3.05) is 4.72 Å². The highest BCUT2D eigenvalue weighted by Crippen LogP contribution is 2.33. The minimum atomic E-state index is -0.671. The number of halogens is 2. The average molecular weight is 444 g/mol. The maximum atomic E-state index is 11.6. The summed E-state index contributed by atoms with van der Waals surface area (Å²) in [5.74, 6) is 0. The van der Waals surface area contributed by atoms with E-state index in [1.54, 1.807) is 0 Å². The van der Waals surface area contributed by atoms with Gasteiger partial charge in [-0.25, -0.2) is 0 Å². The van der Waals surface area contributed by atoms with Crippen molar-refractivity contribution in [3.8, 4) is 11.1 Å². The van der Waals surface area contributed by atoms with Gasteiger partial charge in [-0.1, -0.05) is 41.4 Å². The Morgan fingerprint density at radius 2 is 1.52 bits per heavy atom. The van der Waals surface area contributed by atoms with E-state index in [0.29, 0.717) is 21.1 Å². The molecule has 0 spiro atoms. The Labute approximate surface area is 180 Å². The first-order valence-electron chi connectivity index (χ1n) is 8.66. The number of anilines is 1. The standard InChI is InChI=1S/C21H15Cl2N3O2S/c1-11-8-17-18(25-21(28)20(27)24-17)10-19(11)29-26-14-6-7-15(16(23)9-14)12-2-4-13(22)5-3-12/h2-10,26H,1H3,(H,24,27)(H,25,28). The first kappa shape index (κ1) is 19.6. The molecule has 1 aromatic heterocycles. The Balaban J connectivity index is 1.57. The molecule has 1 heterocycles. The number of benzene rings is 3. The second kappa shape index (κ2) is 7.99. The summed E-state index contributed by atoms with van der Waals surface area (Å²) in [4.78, 5) is 29.1. The number of aryl methyl sites for hydroxylation is 1. The first-order valence-corrected chi connectivity index (χ1v) is 10.2. The summed E-state index contributed by atoms with van der Waals surface area (Å²) >= 11 is 13.8. The van der Waals surface area contributed by atoms with Crippen molar-refractivity contribution in [3.05, 3.63) is 90.9 Å². The number of rotatable bonds is 4. The van der Waals surface area contributed by atoms with Gasteiger partial charge in [-0.3, -0.25) is 9.59 Å². The molecular formula is C21H15Cl2N3O2S. The molecule has 0 atom stereocenters. The van der Waals surface area contributed by atoms with Gasteiger partial charge in [-0.2, -0.15) is 0 Å². The van der Waals surface area contributed by atoms with E-state index in [1.165, 1.54) is 11.9 Å². The maximum absolute atomic E-state index is 11.6. The van der Waals surface area contributed by atoms with E-state index in [-0.39, 0.29) is 0 Å². The van der Waals surface area contributed by atoms with Gasteiger partial charge in [-0.15, -0.1) is 0 Å². The molecule has 0 amide bonds. The SMILES string of the molecule is Cc1cc2[nH]c(=O)c(=O)[nH]c2cc1SNc1ccc(-c2ccc(Cl)cc2)c(Cl)c1. The molecule has 4 aromatic rings. The van der Waals surface area contributed by atoms with Crippen molar-refractivity contribution in [1.29, 1.82) is 0 Å². The molecule has 0 unspecified atom stereocenters. The minimum absolute atomic E-state index is 0.570. The van der Waals surface area contributed by atoms with Gasteiger partial charge in [0.15, 0.2) is 0 Å². The third-order valence-corrected chi connectivity index (χ3v) is 5.98. The van der Waals surface area contributed by atoms with Crippen LogP contribution in [0.3, 0.4) is 0 Å². The van der Waals surface area contributed by atoms with Crippen LogP contribution in [0.15, 0.2) is 69.1 Å². The fourth-order valence-corrected chi connectivity index (χ4v) is 4.09. The quantitative estimate of drug-likeness (QED) is 0.282. The molecule has 0 saturated carbocycles. The van der Waals surface area contributed by atoms with Crippen LogP contribution in [0.2, 0.25) is 10.0 Å². The van der Waals surface area contributed by atoms with Crippen LogP contribution in [0, 0.1) is 6.92 Å². The monoisotopic (exact) mass is 443 g/mol. The van der Waals surface area contributed by atoms with Crippen molar-refractivity contribution >= 4 is 51.9 Å². The predicted molar refractivity (Wildman–Crippen MR) is 121 cm³/mol. The molecule has 29 heavy (non-hydrogen) atoms. The lowest BCUT2D eigenvalue weighted by molar-refractivity contribution is 1.13. The highest BCUT2D eigenvalue weighted by atomic mass is 35.5. The van der Waals surface area contributed by atoms with Crippen molar-refractivity contribution in [2.24, 2.45) is 0 Å². The molecule has 0 aliphatic carbocycles. The third kappa shape index (κ3) is 4.19. The van der Waals surface area contributed by atoms with Crippen molar-refractivity contribution in [1.82, 2.24) is 9.97 Å². The molecule has 0 saturated heterocycles. The molecule has 3 N–H and O–H groups in total. The number of fused-ring (bicyclic) bond motifs is 1. The van der Waals surface area contributed by atoms with E-state index in [1.807, 2.05) is 61.5 Å². The molecule has 0 fully saturated rings. The average Bonchev–Trinajstić information content (AvgIpc) is 2.69. The van der Waals surface area contributed by atoms with Gasteiger partial charge < -0.3 is 14.7 Å². The first-order chi connectivity index (χ1) is 13.9. The van der Waals surface area contributed by atoms with Gasteiger partial charge in [0.25, 0.3) is 0 Å². The minimum Gasteiger partial charge on any atom is -0.326 e. The number of nitrogens with one attached hydrogen (secondary N) is 3. The number of hydrogen-bond acceptors (Lipinski definition) is 4. The van der Waals surface area contributed by atoms with Crippen molar-refractivity contribution in [2.45, 2.75) is 11.8 Å². The van der Waals surface area contributed by atoms with E-state index in [9.17, 15) is 9.59 Å². The van der Waals surface area contributed by atoms with Crippen LogP contribution in [-0.2, 0) is 0 Å². The summed E-state index contributed by atoms with van der Waals surface area (Å²) in [5, 5.41) is 1.30. The molecule has 4 rings (SSSR count). The van der Waals surface area contributed by atoms with Crippen molar-refractivity contribution < 1.29 is 0 Å². The van der Waals surface area contributed by atoms with E-state index in [4.69, 9.17) is 23.2 Å². The van der Waals surface area contributed by atoms with Crippen LogP contribution in [0.25, 0.3) is 22.2 Å². The van der Waals surface area contributed by atoms with E-state index in [2.05, 4.69) is 14.7 Å². The van der Waals surface area contributed by atoms with E-state index in [0.717, 1.165) is 27.3 Å². The highest BCUT2D eigenvalue weighted by Gasteiger charge is 2.08. The second-order valence-electron chi connectivity index (χ2n) is 6.48. The summed E-state index contributed by atoms with van der Waals surface area (Å²) in [6.45, 7) is 1.93. The van der Waals surface area contributed by atoms with Gasteiger partial charge in [0, 0.05) is 21.2 Å². The zero-order valence-corrected chi connectivity index (χ0v) is 17.5. The highest BCUT2D eigenvalue weighted by molar-refractivity contribution is 8.00. The third-order valence-electron chi connectivity index (χ3n) is 4.42. The van der Waals surface area contributed by atoms with Gasteiger partial charge >= 0.3 is 11.1 Å². The van der Waals surface area contributed by atoms with Gasteiger partial charge in [0.05, 0.1) is 16.1 Å². The van der Waals surface area contributed by atoms with Crippen LogP contribution in [-0.4, -0.2) is 9.97 Å². The molecule has 0 radical (unpaired) electrons. The number of hydrogen-bond donors (Lipinski definition) is 3. The molecular weight excluding hydrogens is 429 g/mol. The zero-order chi connectivity index (χ0) is 20.5. The maximum Gasteiger partial charge on any atom is 0.314 e. The number of aromatic amines is 2. The lowest BCUT2D eigenvalue weighted by Crippen LogP contribution is -2.28. The van der Waals surface area contributed by atoms with Gasteiger partial charge in [-0.05, 0) is 66.4 Å². The normalized spacial score (nSPS) is 11.0. The Bertz CT molecular complexity index is 1330. The lowest BCUT2D eigenvalue weighted by Gasteiger charge is -2.11. The van der Waals surface area contributed by atoms with E-state index >= 15 is 0 Å². The van der Waals surface area contributed by atoms with Crippen LogP contribution in [0.5, 0.6) is 0 Å². The number of aromatic nitrogens is 2. The fourth-order valence-electron chi connectivity index (χ4n) is 2.92. The van der Waals surface area contributed by atoms with E-state index < -0.39 is 11.1 Å². The summed E-state index contributed by atoms with van der Waals surface area (Å²) < 4.78 is 3.27. The van der Waals surface area contributed by atoms with Gasteiger partial charge in [0.2, 0.25) is 0 Å². The van der Waals surface area contributed by atoms with Crippen LogP contribution in [0.4, 0.5) is 5.69 Å². The zero-order valence-electron chi connectivity index (χ0n) is 15.2. The van der Waals surface area contributed by atoms with Gasteiger partial charge in [0.1, 0.15) is 0 Å². The molecule has 8 heteroatoms. The van der Waals surface area contributed by atoms with Crippen molar-refractivity contribution in [3.63, 3.8) is 0 Å². The Morgan fingerprint density at radius 3 is 2.17 bits per heavy atom. The van der Waals surface area contributed by atoms with Crippen LogP contribution >= 0.6 is 35.1 Å². The topological polar surface area (TPSA) is 77.8 Å². The molecule has 5 nitrogen and oxygen atoms in total. The summed E-state index contributed by atoms with van der Waals surface area (Å²) in [6, 6.07) is 16.9. The lowest BCUT2D eigenvalue weighted by atomic mass is 10.1. The number of H-pyrrole nitrogens is 2. The summed E-state index contributed by atoms with van der Waals surface area (Å²) in [7, 11) is 0. The summed E-state index contributed by atoms with van der Waals surface area (Å²) in [6.07, 6.45) is 0. The Hall–Kier alpha value is -2.67. The smallest absolute Gasteiger partial charge is 0.314 e. The predicted octanol–water partition coefficient (Wildman–Crippen LogP) is 5.62. The van der Waals surface area contributed by atoms with Crippen LogP contribution in [0.1, 0.15) is 5.56 Å². The fraction of sp³-hybridized carbons (Fsp3) is 0.0476. The molecule has 3 aromatic carbocycles. The second-order valence-corrected chi connectivity index (χ2v) is 8.17. The molecule has 0 aliphatic rings. The Kier molecular flexibility index (Phi) is 5.41. The Morgan fingerprint density at radius 1 is 0.862 bits per heavy atom. The molecule has 146 valence electrons. The summed E-state index contributed by atoms with van der Waals surface area (Å²) in [5.41, 5.74) is 3.53. The molecule has 0 bridgehead atoms. The molecule has 0 aliphatic heterocycles.